The van der Waals surface area contributed by atoms with Crippen LogP contribution in [0.25, 0.3) is 20.5 Å². The van der Waals surface area contributed by atoms with Crippen LogP contribution in [0.4, 0.5) is 0 Å². The van der Waals surface area contributed by atoms with Gasteiger partial charge in [-0.25, -0.2) is 0 Å². The summed E-state index contributed by atoms with van der Waals surface area (Å²) in [4.78, 5) is 1.32. The van der Waals surface area contributed by atoms with Gasteiger partial charge in [0.1, 0.15) is 0 Å². The highest BCUT2D eigenvalue weighted by Crippen LogP contribution is 2.40. The lowest BCUT2D eigenvalue weighted by Gasteiger charge is -2.32. The Balaban J connectivity index is 1.88. The predicted molar refractivity (Wildman–Crippen MR) is 106 cm³/mol. The van der Waals surface area contributed by atoms with E-state index in [1.54, 1.807) is 22.7 Å². The molecule has 0 saturated carbocycles. The van der Waals surface area contributed by atoms with E-state index in [1.807, 2.05) is 0 Å². The third kappa shape index (κ3) is 2.38. The van der Waals surface area contributed by atoms with Gasteiger partial charge in [0, 0.05) is 15.1 Å². The number of benzene rings is 1. The molecule has 1 aliphatic heterocycles. The lowest BCUT2D eigenvalue weighted by Crippen LogP contribution is -2.41. The first kappa shape index (κ1) is 16.3. The fourth-order valence-electron chi connectivity index (χ4n) is 3.18. The Morgan fingerprint density at radius 3 is 2.29 bits per heavy atom. The Labute approximate surface area is 151 Å². The molecule has 3 aromatic rings. The molecular weight excluding hydrogens is 335 g/mol. The number of hydrogen-bond acceptors (Lipinski definition) is 4. The van der Waals surface area contributed by atoms with Gasteiger partial charge in [-0.1, -0.05) is 12.1 Å². The van der Waals surface area contributed by atoms with Crippen LogP contribution in [-0.2, 0) is 9.31 Å². The summed E-state index contributed by atoms with van der Waals surface area (Å²) in [6.45, 7) is 10.6. The van der Waals surface area contributed by atoms with Crippen molar-refractivity contribution in [2.75, 3.05) is 0 Å². The van der Waals surface area contributed by atoms with Gasteiger partial charge in [0.05, 0.1) is 11.2 Å². The van der Waals surface area contributed by atoms with Gasteiger partial charge in [0.2, 0.25) is 0 Å². The molecule has 24 heavy (non-hydrogen) atoms. The average Bonchev–Trinajstić information content (AvgIpc) is 3.18. The molecule has 1 aliphatic rings. The maximum atomic E-state index is 6.30. The van der Waals surface area contributed by atoms with Crippen LogP contribution in [0.5, 0.6) is 0 Å². The normalized spacial score (nSPS) is 19.3. The molecular formula is C19H21BO2S2. The minimum absolute atomic E-state index is 0.316. The molecule has 0 amide bonds. The molecule has 1 aromatic carbocycles. The van der Waals surface area contributed by atoms with Crippen LogP contribution in [0.15, 0.2) is 35.0 Å². The molecule has 0 radical (unpaired) electrons. The van der Waals surface area contributed by atoms with Crippen LogP contribution < -0.4 is 5.46 Å². The van der Waals surface area contributed by atoms with Crippen LogP contribution in [0.2, 0.25) is 0 Å². The number of fused-ring (bicyclic) bond motifs is 1. The first-order valence-electron chi connectivity index (χ1n) is 8.20. The molecule has 0 bridgehead atoms. The lowest BCUT2D eigenvalue weighted by atomic mass is 9.75. The van der Waals surface area contributed by atoms with E-state index in [1.165, 1.54) is 26.1 Å². The summed E-state index contributed by atoms with van der Waals surface area (Å²) in [6.07, 6.45) is 0. The maximum absolute atomic E-state index is 6.30. The zero-order chi connectivity index (χ0) is 17.1. The maximum Gasteiger partial charge on any atom is 0.495 e. The van der Waals surface area contributed by atoms with Crippen molar-refractivity contribution in [1.29, 1.82) is 0 Å². The van der Waals surface area contributed by atoms with Crippen molar-refractivity contribution < 1.29 is 9.31 Å². The van der Waals surface area contributed by atoms with E-state index in [0.29, 0.717) is 0 Å². The Morgan fingerprint density at radius 2 is 1.67 bits per heavy atom. The van der Waals surface area contributed by atoms with Gasteiger partial charge >= 0.3 is 7.12 Å². The number of aryl methyl sites for hydroxylation is 1. The first-order chi connectivity index (χ1) is 11.3. The molecule has 0 aliphatic carbocycles. The van der Waals surface area contributed by atoms with Crippen molar-refractivity contribution in [2.24, 2.45) is 0 Å². The van der Waals surface area contributed by atoms with E-state index in [0.717, 1.165) is 5.46 Å². The molecule has 2 nitrogen and oxygen atoms in total. The highest BCUT2D eigenvalue weighted by Gasteiger charge is 2.52. The van der Waals surface area contributed by atoms with Gasteiger partial charge < -0.3 is 9.31 Å². The van der Waals surface area contributed by atoms with Crippen molar-refractivity contribution in [3.8, 4) is 10.4 Å². The molecule has 2 aromatic heterocycles. The summed E-state index contributed by atoms with van der Waals surface area (Å²) in [6, 6.07) is 8.74. The second-order valence-electron chi connectivity index (χ2n) is 7.39. The van der Waals surface area contributed by atoms with Gasteiger partial charge in [-0.2, -0.15) is 0 Å². The standard InChI is InChI=1S/C19H21BO2S2/c1-12-11-14(20-21-18(2,3)19(4,5)22-20)13-8-10-24-17(13)16(12)15-7-6-9-23-15/h6-11H,1-5H3. The minimum Gasteiger partial charge on any atom is -0.399 e. The molecule has 1 fully saturated rings. The molecule has 0 spiro atoms. The fourth-order valence-corrected chi connectivity index (χ4v) is 5.13. The highest BCUT2D eigenvalue weighted by atomic mass is 32.1. The van der Waals surface area contributed by atoms with Gasteiger partial charge in [-0.3, -0.25) is 0 Å². The van der Waals surface area contributed by atoms with Gasteiger partial charge in [-0.05, 0) is 73.9 Å². The number of thiophene rings is 2. The Kier molecular flexibility index (Phi) is 3.70. The van der Waals surface area contributed by atoms with E-state index in [9.17, 15) is 0 Å². The summed E-state index contributed by atoms with van der Waals surface area (Å²) in [5.41, 5.74) is 3.12. The predicted octanol–water partition coefficient (Wildman–Crippen LogP) is 5.24. The minimum atomic E-state index is -0.319. The Hall–Kier alpha value is -1.14. The second-order valence-corrected chi connectivity index (χ2v) is 9.25. The number of rotatable bonds is 2. The average molecular weight is 356 g/mol. The van der Waals surface area contributed by atoms with E-state index < -0.39 is 0 Å². The highest BCUT2D eigenvalue weighted by molar-refractivity contribution is 7.19. The van der Waals surface area contributed by atoms with Crippen LogP contribution in [-0.4, -0.2) is 18.3 Å². The van der Waals surface area contributed by atoms with E-state index in [-0.39, 0.29) is 18.3 Å². The van der Waals surface area contributed by atoms with Crippen LogP contribution in [0, 0.1) is 6.92 Å². The zero-order valence-corrected chi connectivity index (χ0v) is 16.3. The summed E-state index contributed by atoms with van der Waals surface area (Å²) < 4.78 is 13.9. The zero-order valence-electron chi connectivity index (χ0n) is 14.7. The third-order valence-corrected chi connectivity index (χ3v) is 7.06. The van der Waals surface area contributed by atoms with Crippen molar-refractivity contribution in [2.45, 2.75) is 45.8 Å². The van der Waals surface area contributed by atoms with Gasteiger partial charge in [-0.15, -0.1) is 22.7 Å². The summed E-state index contributed by atoms with van der Waals surface area (Å²) in [7, 11) is -0.316. The van der Waals surface area contributed by atoms with Crippen LogP contribution >= 0.6 is 22.7 Å². The van der Waals surface area contributed by atoms with Crippen molar-refractivity contribution in [1.82, 2.24) is 0 Å². The van der Waals surface area contributed by atoms with E-state index in [2.05, 4.69) is 69.6 Å². The topological polar surface area (TPSA) is 18.5 Å². The van der Waals surface area contributed by atoms with E-state index >= 15 is 0 Å². The fraction of sp³-hybridized carbons (Fsp3) is 0.368. The van der Waals surface area contributed by atoms with Crippen molar-refractivity contribution in [3.05, 3.63) is 40.6 Å². The molecule has 1 saturated heterocycles. The summed E-state index contributed by atoms with van der Waals surface area (Å²) in [5.74, 6) is 0. The lowest BCUT2D eigenvalue weighted by molar-refractivity contribution is 0.00578. The van der Waals surface area contributed by atoms with Crippen molar-refractivity contribution in [3.63, 3.8) is 0 Å². The van der Waals surface area contributed by atoms with Crippen LogP contribution in [0.1, 0.15) is 33.3 Å². The Morgan fingerprint density at radius 1 is 0.958 bits per heavy atom. The third-order valence-electron chi connectivity index (χ3n) is 5.24. The first-order valence-corrected chi connectivity index (χ1v) is 9.96. The largest absolute Gasteiger partial charge is 0.495 e. The molecule has 0 N–H and O–H groups in total. The molecule has 124 valence electrons. The van der Waals surface area contributed by atoms with Gasteiger partial charge in [0.25, 0.3) is 0 Å². The Bertz CT molecular complexity index is 878. The SMILES string of the molecule is Cc1cc(B2OC(C)(C)C(C)(C)O2)c2ccsc2c1-c1cccs1. The molecule has 0 unspecified atom stereocenters. The monoisotopic (exact) mass is 356 g/mol. The summed E-state index contributed by atoms with van der Waals surface area (Å²) >= 11 is 3.58. The number of hydrogen-bond donors (Lipinski definition) is 0. The smallest absolute Gasteiger partial charge is 0.399 e. The quantitative estimate of drug-likeness (QED) is 0.585. The molecule has 5 heteroatoms. The molecule has 0 atom stereocenters. The second kappa shape index (κ2) is 5.43. The van der Waals surface area contributed by atoms with Crippen LogP contribution in [0.3, 0.4) is 0 Å². The summed E-state index contributed by atoms with van der Waals surface area (Å²) in [5, 5.41) is 5.54. The molecule has 4 rings (SSSR count). The molecule has 3 heterocycles. The van der Waals surface area contributed by atoms with Gasteiger partial charge in [0.15, 0.2) is 0 Å². The van der Waals surface area contributed by atoms with Crippen molar-refractivity contribution >= 4 is 45.3 Å². The van der Waals surface area contributed by atoms with E-state index in [4.69, 9.17) is 9.31 Å².